The first-order chi connectivity index (χ1) is 46.0. The molecule has 1 heterocycles. The molecule has 0 aliphatic rings. The van der Waals surface area contributed by atoms with E-state index in [0.29, 0.717) is 12.4 Å². The van der Waals surface area contributed by atoms with E-state index in [1.165, 1.54) is 63.7 Å². The van der Waals surface area contributed by atoms with Gasteiger partial charge in [0.15, 0.2) is 0 Å². The van der Waals surface area contributed by atoms with Crippen LogP contribution in [0.15, 0.2) is 394 Å². The van der Waals surface area contributed by atoms with Crippen molar-refractivity contribution >= 4 is 107 Å². The molecule has 9 heteroatoms. The van der Waals surface area contributed by atoms with Crippen molar-refractivity contribution in [1.82, 2.24) is 9.97 Å². The number of benzene rings is 13. The quantitative estimate of drug-likeness (QED) is 0.0890. The molecule has 1 aromatic heterocycles. The summed E-state index contributed by atoms with van der Waals surface area (Å²) in [6.45, 7) is 0.536. The van der Waals surface area contributed by atoms with Crippen molar-refractivity contribution in [2.45, 2.75) is 6.54 Å². The zero-order valence-corrected chi connectivity index (χ0v) is 55.7. The Labute approximate surface area is 555 Å². The standard InChI is InChI=1S/4C18H15P.C12H15N5/c4*1-4-10-16(11-5-1)19(17-12-6-2-7-13-17)18-14-8-3-9-15-18;1-15-11-6-10(16-12(14)17-11)9-4-2-8(7-13)3-5-9/h4*1-15H;2-6H,7,13H2,1H3,(H3,14,15,16,17). The van der Waals surface area contributed by atoms with Crippen LogP contribution in [0.1, 0.15) is 5.56 Å². The summed E-state index contributed by atoms with van der Waals surface area (Å²) in [5.74, 6) is 0.963. The molecule has 0 atom stereocenters. The molecule has 0 bridgehead atoms. The van der Waals surface area contributed by atoms with Crippen molar-refractivity contribution in [3.8, 4) is 11.3 Å². The number of nitrogens with two attached hydrogens (primary N) is 2. The molecule has 5 nitrogen and oxygen atoms in total. The number of hydrogen-bond acceptors (Lipinski definition) is 5. The molecule has 456 valence electrons. The Bertz CT molecular complexity index is 3470. The number of hydrogen-bond donors (Lipinski definition) is 3. The zero-order chi connectivity index (χ0) is 63.9. The van der Waals surface area contributed by atoms with Gasteiger partial charge in [-0.05, 0) is 101 Å². The highest BCUT2D eigenvalue weighted by Crippen LogP contribution is 2.35. The first-order valence-corrected chi connectivity index (χ1v) is 36.3. The molecule has 0 radical (unpaired) electrons. The van der Waals surface area contributed by atoms with Crippen LogP contribution < -0.4 is 80.4 Å². The third-order valence-electron chi connectivity index (χ3n) is 14.7. The molecule has 0 aliphatic carbocycles. The van der Waals surface area contributed by atoms with Gasteiger partial charge in [-0.3, -0.25) is 0 Å². The zero-order valence-electron chi connectivity index (χ0n) is 52.1. The van der Waals surface area contributed by atoms with E-state index in [0.717, 1.165) is 16.8 Å². The van der Waals surface area contributed by atoms with Gasteiger partial charge in [-0.1, -0.05) is 388 Å². The molecule has 13 aromatic carbocycles. The first-order valence-electron chi connectivity index (χ1n) is 31.0. The van der Waals surface area contributed by atoms with E-state index in [-0.39, 0.29) is 5.95 Å². The van der Waals surface area contributed by atoms with Crippen molar-refractivity contribution in [2.24, 2.45) is 5.73 Å². The molecule has 0 saturated carbocycles. The van der Waals surface area contributed by atoms with Crippen molar-refractivity contribution in [3.05, 3.63) is 400 Å². The van der Waals surface area contributed by atoms with Gasteiger partial charge in [0.25, 0.3) is 0 Å². The fourth-order valence-corrected chi connectivity index (χ4v) is 19.5. The van der Waals surface area contributed by atoms with Gasteiger partial charge in [-0.15, -0.1) is 0 Å². The van der Waals surface area contributed by atoms with Crippen molar-refractivity contribution in [1.29, 1.82) is 0 Å². The lowest BCUT2D eigenvalue weighted by Crippen LogP contribution is -2.20. The topological polar surface area (TPSA) is 89.8 Å². The summed E-state index contributed by atoms with van der Waals surface area (Å²) in [5, 5.41) is 19.7. The van der Waals surface area contributed by atoms with Crippen LogP contribution in [0, 0.1) is 0 Å². The van der Waals surface area contributed by atoms with Crippen molar-refractivity contribution in [3.63, 3.8) is 0 Å². The summed E-state index contributed by atoms with van der Waals surface area (Å²) in [6.07, 6.45) is 0. The summed E-state index contributed by atoms with van der Waals surface area (Å²) >= 11 is 0. The third kappa shape index (κ3) is 19.6. The van der Waals surface area contributed by atoms with E-state index in [2.05, 4.69) is 379 Å². The second kappa shape index (κ2) is 36.3. The molecule has 14 rings (SSSR count). The van der Waals surface area contributed by atoms with E-state index < -0.39 is 31.7 Å². The number of nitrogen functional groups attached to an aromatic ring is 1. The summed E-state index contributed by atoms with van der Waals surface area (Å²) in [7, 11) is 0.0108. The van der Waals surface area contributed by atoms with Crippen LogP contribution in [-0.2, 0) is 6.54 Å². The van der Waals surface area contributed by atoms with Crippen LogP contribution in [0.5, 0.6) is 0 Å². The minimum Gasteiger partial charge on any atom is -0.373 e. The highest BCUT2D eigenvalue weighted by molar-refractivity contribution is 7.81. The van der Waals surface area contributed by atoms with Gasteiger partial charge < -0.3 is 16.8 Å². The monoisotopic (exact) mass is 1280 g/mol. The number of nitrogens with zero attached hydrogens (tertiary/aromatic N) is 2. The maximum Gasteiger partial charge on any atom is 0.222 e. The Balaban J connectivity index is 0.000000127. The van der Waals surface area contributed by atoms with E-state index in [1.807, 2.05) is 30.3 Å². The molecule has 0 amide bonds. The molecule has 0 spiro atoms. The second-order valence-corrected chi connectivity index (χ2v) is 29.9. The van der Waals surface area contributed by atoms with Crippen LogP contribution in [0.3, 0.4) is 0 Å². The SMILES string of the molecule is CNc1cc(-c2ccc(CN)cc2)nc(N)n1.c1ccc(P(c2ccccc2)c2ccccc2)cc1.c1ccc(P(c2ccccc2)c2ccccc2)cc1.c1ccc(P(c2ccccc2)c2ccccc2)cc1.c1ccc(P(c2ccccc2)c2ccccc2)cc1. The predicted molar refractivity (Wildman–Crippen MR) is 410 cm³/mol. The van der Waals surface area contributed by atoms with E-state index in [4.69, 9.17) is 11.5 Å². The van der Waals surface area contributed by atoms with Crippen molar-refractivity contribution < 1.29 is 0 Å². The Hall–Kier alpha value is -9.78. The summed E-state index contributed by atoms with van der Waals surface area (Å²) < 4.78 is 0. The minimum absolute atomic E-state index is 0.259. The first kappa shape index (κ1) is 66.2. The molecular weight excluding hydrogens is 1200 g/mol. The predicted octanol–water partition coefficient (Wildman–Crippen LogP) is 15.0. The lowest BCUT2D eigenvalue weighted by molar-refractivity contribution is 1.07. The van der Waals surface area contributed by atoms with Gasteiger partial charge in [0.2, 0.25) is 5.95 Å². The lowest BCUT2D eigenvalue weighted by Gasteiger charge is -2.18. The average molecular weight is 1280 g/mol. The van der Waals surface area contributed by atoms with Gasteiger partial charge in [-0.25, -0.2) is 4.98 Å². The Morgan fingerprint density at radius 1 is 0.258 bits per heavy atom. The summed E-state index contributed by atoms with van der Waals surface area (Å²) in [6, 6.07) is 139. The van der Waals surface area contributed by atoms with E-state index >= 15 is 0 Å². The third-order valence-corrected chi connectivity index (χ3v) is 24.4. The number of aromatic nitrogens is 2. The van der Waals surface area contributed by atoms with Gasteiger partial charge in [-0.2, -0.15) is 4.98 Å². The van der Waals surface area contributed by atoms with Gasteiger partial charge in [0, 0.05) is 25.2 Å². The number of anilines is 2. The fraction of sp³-hybridized carbons (Fsp3) is 0.0238. The highest BCUT2D eigenvalue weighted by Gasteiger charge is 2.19. The number of nitrogens with one attached hydrogen (secondary N) is 1. The Kier molecular flexibility index (Phi) is 25.8. The second-order valence-electron chi connectivity index (χ2n) is 21.0. The van der Waals surface area contributed by atoms with Crippen LogP contribution in [0.25, 0.3) is 11.3 Å². The van der Waals surface area contributed by atoms with Crippen LogP contribution in [-0.4, -0.2) is 17.0 Å². The minimum atomic E-state index is -0.446. The van der Waals surface area contributed by atoms with Crippen LogP contribution in [0.4, 0.5) is 11.8 Å². The normalized spacial score (nSPS) is 10.5. The van der Waals surface area contributed by atoms with Gasteiger partial charge in [0.05, 0.1) is 5.69 Å². The lowest BCUT2D eigenvalue weighted by atomic mass is 10.1. The van der Waals surface area contributed by atoms with E-state index in [1.54, 1.807) is 7.05 Å². The molecule has 0 aliphatic heterocycles. The average Bonchev–Trinajstić information content (AvgIpc) is 1.96. The Morgan fingerprint density at radius 3 is 0.602 bits per heavy atom. The maximum atomic E-state index is 5.65. The molecule has 0 saturated heterocycles. The molecule has 14 aromatic rings. The molecular formula is C84H75N5P4. The van der Waals surface area contributed by atoms with Crippen LogP contribution >= 0.6 is 31.7 Å². The highest BCUT2D eigenvalue weighted by atomic mass is 31.1. The smallest absolute Gasteiger partial charge is 0.222 e. The largest absolute Gasteiger partial charge is 0.373 e. The summed E-state index contributed by atoms with van der Waals surface area (Å²) in [4.78, 5) is 8.25. The fourth-order valence-electron chi connectivity index (χ4n) is 10.3. The van der Waals surface area contributed by atoms with E-state index in [9.17, 15) is 0 Å². The maximum absolute atomic E-state index is 5.65. The number of rotatable bonds is 15. The molecule has 0 fully saturated rings. The Morgan fingerprint density at radius 2 is 0.441 bits per heavy atom. The van der Waals surface area contributed by atoms with Gasteiger partial charge in [0.1, 0.15) is 5.82 Å². The molecule has 5 N–H and O–H groups in total. The molecule has 0 unspecified atom stereocenters. The molecule has 93 heavy (non-hydrogen) atoms. The van der Waals surface area contributed by atoms with Gasteiger partial charge >= 0.3 is 0 Å². The van der Waals surface area contributed by atoms with Crippen LogP contribution in [0.2, 0.25) is 0 Å². The summed E-state index contributed by atoms with van der Waals surface area (Å²) in [5.41, 5.74) is 14.1. The van der Waals surface area contributed by atoms with Crippen molar-refractivity contribution in [2.75, 3.05) is 18.1 Å².